The molecule has 0 amide bonds. The van der Waals surface area contributed by atoms with Crippen LogP contribution in [0.3, 0.4) is 0 Å². The zero-order valence-corrected chi connectivity index (χ0v) is 10.9. The number of nitrogens with one attached hydrogen (secondary N) is 1. The molecule has 0 aliphatic carbocycles. The summed E-state index contributed by atoms with van der Waals surface area (Å²) in [7, 11) is 0. The molecule has 1 aliphatic heterocycles. The van der Waals surface area contributed by atoms with Gasteiger partial charge >= 0.3 is 0 Å². The Morgan fingerprint density at radius 2 is 2.00 bits per heavy atom. The van der Waals surface area contributed by atoms with Crippen molar-refractivity contribution in [3.8, 4) is 0 Å². The Hall–Kier alpha value is -2.29. The summed E-state index contributed by atoms with van der Waals surface area (Å²) in [6.45, 7) is 3.41. The predicted molar refractivity (Wildman–Crippen MR) is 78.4 cm³/mol. The second-order valence-electron chi connectivity index (χ2n) is 4.70. The van der Waals surface area contributed by atoms with Gasteiger partial charge in [-0.3, -0.25) is 4.79 Å². The lowest BCUT2D eigenvalue weighted by atomic mass is 10.1. The van der Waals surface area contributed by atoms with Crippen LogP contribution in [0.25, 0.3) is 0 Å². The number of benzene rings is 2. The normalized spacial score (nSPS) is 13.6. The van der Waals surface area contributed by atoms with Gasteiger partial charge in [0.05, 0.1) is 11.4 Å². The van der Waals surface area contributed by atoms with Crippen LogP contribution in [0.15, 0.2) is 48.5 Å². The first-order valence-corrected chi connectivity index (χ1v) is 6.47. The van der Waals surface area contributed by atoms with Crippen molar-refractivity contribution in [3.63, 3.8) is 0 Å². The van der Waals surface area contributed by atoms with Crippen LogP contribution < -0.4 is 10.2 Å². The average molecular weight is 252 g/mol. The molecule has 0 bridgehead atoms. The van der Waals surface area contributed by atoms with E-state index in [1.54, 1.807) is 6.92 Å². The molecule has 3 rings (SSSR count). The van der Waals surface area contributed by atoms with Gasteiger partial charge in [-0.1, -0.05) is 24.3 Å². The topological polar surface area (TPSA) is 32.3 Å². The van der Waals surface area contributed by atoms with Gasteiger partial charge in [-0.15, -0.1) is 0 Å². The van der Waals surface area contributed by atoms with Gasteiger partial charge in [-0.25, -0.2) is 0 Å². The van der Waals surface area contributed by atoms with Crippen LogP contribution in [0.4, 0.5) is 17.1 Å². The highest BCUT2D eigenvalue weighted by atomic mass is 16.1. The Bertz CT molecular complexity index is 622. The number of ketones is 1. The molecule has 3 heteroatoms. The van der Waals surface area contributed by atoms with E-state index in [0.29, 0.717) is 0 Å². The summed E-state index contributed by atoms with van der Waals surface area (Å²) >= 11 is 0. The predicted octanol–water partition coefficient (Wildman–Crippen LogP) is 3.45. The number of carbonyl (C=O) groups is 1. The summed E-state index contributed by atoms with van der Waals surface area (Å²) in [6.07, 6.45) is 0. The van der Waals surface area contributed by atoms with Crippen LogP contribution in [0.1, 0.15) is 17.3 Å². The number of carbonyl (C=O) groups excluding carboxylic acids is 1. The van der Waals surface area contributed by atoms with Crippen molar-refractivity contribution in [3.05, 3.63) is 54.1 Å². The standard InChI is InChI=1S/C16H16N2O/c1-12(19)13-5-4-6-14(11-13)18-10-9-17-15-7-2-3-8-16(15)18/h2-8,11,17H,9-10H2,1H3. The fourth-order valence-corrected chi connectivity index (χ4v) is 2.44. The second-order valence-corrected chi connectivity index (χ2v) is 4.70. The van der Waals surface area contributed by atoms with Crippen LogP contribution in [0, 0.1) is 0 Å². The SMILES string of the molecule is CC(=O)c1cccc(N2CCNc3ccccc32)c1. The van der Waals surface area contributed by atoms with Gasteiger partial charge in [0, 0.05) is 24.3 Å². The van der Waals surface area contributed by atoms with Crippen molar-refractivity contribution < 1.29 is 4.79 Å². The first-order valence-electron chi connectivity index (χ1n) is 6.47. The van der Waals surface area contributed by atoms with Gasteiger partial charge in [0.15, 0.2) is 5.78 Å². The second kappa shape index (κ2) is 4.76. The number of rotatable bonds is 2. The number of fused-ring (bicyclic) bond motifs is 1. The van der Waals surface area contributed by atoms with Crippen LogP contribution in [-0.2, 0) is 0 Å². The minimum atomic E-state index is 0.102. The maximum absolute atomic E-state index is 11.5. The Morgan fingerprint density at radius 1 is 1.16 bits per heavy atom. The van der Waals surface area contributed by atoms with E-state index in [0.717, 1.165) is 35.7 Å². The van der Waals surface area contributed by atoms with E-state index < -0.39 is 0 Å². The molecule has 0 fully saturated rings. The summed E-state index contributed by atoms with van der Waals surface area (Å²) in [5, 5.41) is 3.39. The molecule has 0 saturated heterocycles. The lowest BCUT2D eigenvalue weighted by Crippen LogP contribution is -2.30. The fourth-order valence-electron chi connectivity index (χ4n) is 2.44. The summed E-state index contributed by atoms with van der Waals surface area (Å²) in [5.74, 6) is 0.102. The maximum atomic E-state index is 11.5. The molecule has 0 atom stereocenters. The van der Waals surface area contributed by atoms with Crippen molar-refractivity contribution >= 4 is 22.8 Å². The highest BCUT2D eigenvalue weighted by molar-refractivity contribution is 5.95. The third kappa shape index (κ3) is 2.19. The molecule has 19 heavy (non-hydrogen) atoms. The molecule has 0 radical (unpaired) electrons. The highest BCUT2D eigenvalue weighted by Gasteiger charge is 2.17. The summed E-state index contributed by atoms with van der Waals surface area (Å²) < 4.78 is 0. The minimum Gasteiger partial charge on any atom is -0.382 e. The molecule has 0 unspecified atom stereocenters. The monoisotopic (exact) mass is 252 g/mol. The van der Waals surface area contributed by atoms with Crippen LogP contribution in [0.5, 0.6) is 0 Å². The van der Waals surface area contributed by atoms with Crippen molar-refractivity contribution in [1.29, 1.82) is 0 Å². The Morgan fingerprint density at radius 3 is 2.84 bits per heavy atom. The summed E-state index contributed by atoms with van der Waals surface area (Å²) in [4.78, 5) is 13.7. The largest absolute Gasteiger partial charge is 0.382 e. The first kappa shape index (κ1) is 11.8. The van der Waals surface area contributed by atoms with Crippen LogP contribution in [0.2, 0.25) is 0 Å². The molecule has 1 N–H and O–H groups in total. The third-order valence-electron chi connectivity index (χ3n) is 3.41. The van der Waals surface area contributed by atoms with E-state index in [1.165, 1.54) is 0 Å². The molecule has 2 aromatic rings. The van der Waals surface area contributed by atoms with E-state index in [-0.39, 0.29) is 5.78 Å². The molecule has 1 heterocycles. The number of hydrogen-bond acceptors (Lipinski definition) is 3. The van der Waals surface area contributed by atoms with E-state index in [4.69, 9.17) is 0 Å². The molecule has 0 saturated carbocycles. The lowest BCUT2D eigenvalue weighted by Gasteiger charge is -2.32. The van der Waals surface area contributed by atoms with Crippen molar-refractivity contribution in [1.82, 2.24) is 0 Å². The smallest absolute Gasteiger partial charge is 0.159 e. The van der Waals surface area contributed by atoms with Gasteiger partial charge < -0.3 is 10.2 Å². The van der Waals surface area contributed by atoms with Crippen LogP contribution >= 0.6 is 0 Å². The Kier molecular flexibility index (Phi) is 2.95. The van der Waals surface area contributed by atoms with Crippen molar-refractivity contribution in [2.45, 2.75) is 6.92 Å². The molecule has 0 aromatic heterocycles. The van der Waals surface area contributed by atoms with E-state index >= 15 is 0 Å². The number of Topliss-reactive ketones (excluding diaryl/α,β-unsaturated/α-hetero) is 1. The molecular formula is C16H16N2O. The maximum Gasteiger partial charge on any atom is 0.159 e. The molecule has 0 spiro atoms. The average Bonchev–Trinajstić information content (AvgIpc) is 2.47. The van der Waals surface area contributed by atoms with E-state index in [9.17, 15) is 4.79 Å². The van der Waals surface area contributed by atoms with Gasteiger partial charge in [0.25, 0.3) is 0 Å². The van der Waals surface area contributed by atoms with Crippen molar-refractivity contribution in [2.24, 2.45) is 0 Å². The third-order valence-corrected chi connectivity index (χ3v) is 3.41. The number of para-hydroxylation sites is 2. The van der Waals surface area contributed by atoms with Gasteiger partial charge in [0.2, 0.25) is 0 Å². The summed E-state index contributed by atoms with van der Waals surface area (Å²) in [5.41, 5.74) is 4.13. The van der Waals surface area contributed by atoms with E-state index in [1.807, 2.05) is 30.3 Å². The zero-order chi connectivity index (χ0) is 13.2. The molecule has 1 aliphatic rings. The fraction of sp³-hybridized carbons (Fsp3) is 0.188. The molecular weight excluding hydrogens is 236 g/mol. The van der Waals surface area contributed by atoms with Gasteiger partial charge in [0.1, 0.15) is 0 Å². The lowest BCUT2D eigenvalue weighted by molar-refractivity contribution is 0.101. The number of hydrogen-bond donors (Lipinski definition) is 1. The van der Waals surface area contributed by atoms with Gasteiger partial charge in [-0.05, 0) is 31.2 Å². The Labute approximate surface area is 112 Å². The van der Waals surface area contributed by atoms with E-state index in [2.05, 4.69) is 28.4 Å². The number of nitrogens with zero attached hydrogens (tertiary/aromatic N) is 1. The van der Waals surface area contributed by atoms with Gasteiger partial charge in [-0.2, -0.15) is 0 Å². The number of anilines is 3. The van der Waals surface area contributed by atoms with Crippen LogP contribution in [-0.4, -0.2) is 18.9 Å². The summed E-state index contributed by atoms with van der Waals surface area (Å²) in [6, 6.07) is 16.1. The molecule has 2 aromatic carbocycles. The first-order chi connectivity index (χ1) is 9.25. The molecule has 3 nitrogen and oxygen atoms in total. The Balaban J connectivity index is 2.04. The highest BCUT2D eigenvalue weighted by Crippen LogP contribution is 2.34. The van der Waals surface area contributed by atoms with Crippen molar-refractivity contribution in [2.75, 3.05) is 23.3 Å². The minimum absolute atomic E-state index is 0.102. The molecule has 96 valence electrons. The quantitative estimate of drug-likeness (QED) is 0.831. The zero-order valence-electron chi connectivity index (χ0n) is 10.9.